The number of para-hydroxylation sites is 2. The largest absolute Gasteiger partial charge is 0.316 e. The minimum absolute atomic E-state index is 0.677. The van der Waals surface area contributed by atoms with Gasteiger partial charge in [0.15, 0.2) is 0 Å². The number of rotatable bonds is 3. The van der Waals surface area contributed by atoms with Crippen LogP contribution in [0.15, 0.2) is 43.0 Å². The Bertz CT molecular complexity index is 773. The SMILES string of the molecule is c1ccc2c(c1)ncn2-c1cc(C[C@H]2CCCNC2)ncn1. The zero-order chi connectivity index (χ0) is 14.8. The lowest BCUT2D eigenvalue weighted by Gasteiger charge is -2.22. The zero-order valence-electron chi connectivity index (χ0n) is 12.4. The van der Waals surface area contributed by atoms with Gasteiger partial charge in [-0.25, -0.2) is 15.0 Å². The third-order valence-corrected chi connectivity index (χ3v) is 4.31. The average molecular weight is 293 g/mol. The summed E-state index contributed by atoms with van der Waals surface area (Å²) in [7, 11) is 0. The van der Waals surface area contributed by atoms with Gasteiger partial charge in [-0.15, -0.1) is 0 Å². The Morgan fingerprint density at radius 2 is 2.14 bits per heavy atom. The molecule has 0 saturated carbocycles. The van der Waals surface area contributed by atoms with Crippen LogP contribution >= 0.6 is 0 Å². The number of hydrogen-bond acceptors (Lipinski definition) is 4. The Morgan fingerprint density at radius 1 is 1.18 bits per heavy atom. The van der Waals surface area contributed by atoms with Crippen molar-refractivity contribution in [2.75, 3.05) is 13.1 Å². The van der Waals surface area contributed by atoms with Crippen molar-refractivity contribution in [2.45, 2.75) is 19.3 Å². The number of fused-ring (bicyclic) bond motifs is 1. The molecule has 1 fully saturated rings. The number of nitrogens with zero attached hydrogens (tertiary/aromatic N) is 4. The second-order valence-corrected chi connectivity index (χ2v) is 5.89. The highest BCUT2D eigenvalue weighted by atomic mass is 15.1. The van der Waals surface area contributed by atoms with Crippen molar-refractivity contribution in [3.8, 4) is 5.82 Å². The van der Waals surface area contributed by atoms with Gasteiger partial charge in [0.2, 0.25) is 0 Å². The van der Waals surface area contributed by atoms with Crippen molar-refractivity contribution in [1.82, 2.24) is 24.8 Å². The molecule has 0 radical (unpaired) electrons. The smallest absolute Gasteiger partial charge is 0.142 e. The first-order chi connectivity index (χ1) is 10.9. The molecule has 1 aliphatic rings. The van der Waals surface area contributed by atoms with Crippen LogP contribution in [0.5, 0.6) is 0 Å². The molecule has 3 aromatic rings. The number of piperidine rings is 1. The lowest BCUT2D eigenvalue weighted by molar-refractivity contribution is 0.373. The first-order valence-electron chi connectivity index (χ1n) is 7.84. The van der Waals surface area contributed by atoms with Crippen LogP contribution in [0, 0.1) is 5.92 Å². The topological polar surface area (TPSA) is 55.6 Å². The maximum absolute atomic E-state index is 4.45. The molecule has 1 N–H and O–H groups in total. The molecule has 0 amide bonds. The van der Waals surface area contributed by atoms with Crippen LogP contribution in [-0.4, -0.2) is 32.6 Å². The van der Waals surface area contributed by atoms with Crippen molar-refractivity contribution in [3.05, 3.63) is 48.7 Å². The third-order valence-electron chi connectivity index (χ3n) is 4.31. The molecule has 1 saturated heterocycles. The molecule has 0 spiro atoms. The maximum Gasteiger partial charge on any atom is 0.142 e. The molecular formula is C17H19N5. The van der Waals surface area contributed by atoms with Gasteiger partial charge < -0.3 is 5.32 Å². The quantitative estimate of drug-likeness (QED) is 0.805. The molecule has 0 bridgehead atoms. The lowest BCUT2D eigenvalue weighted by atomic mass is 9.94. The summed E-state index contributed by atoms with van der Waals surface area (Å²) in [6.07, 6.45) is 7.04. The Hall–Kier alpha value is -2.27. The molecule has 112 valence electrons. The molecule has 1 atom stereocenters. The number of imidazole rings is 1. The highest BCUT2D eigenvalue weighted by molar-refractivity contribution is 5.76. The van der Waals surface area contributed by atoms with Gasteiger partial charge in [0.25, 0.3) is 0 Å². The van der Waals surface area contributed by atoms with E-state index in [4.69, 9.17) is 0 Å². The molecule has 1 aliphatic heterocycles. The van der Waals surface area contributed by atoms with Gasteiger partial charge >= 0.3 is 0 Å². The minimum Gasteiger partial charge on any atom is -0.316 e. The highest BCUT2D eigenvalue weighted by Crippen LogP contribution is 2.19. The summed E-state index contributed by atoms with van der Waals surface area (Å²) in [5.41, 5.74) is 3.17. The molecule has 3 heterocycles. The minimum atomic E-state index is 0.677. The van der Waals surface area contributed by atoms with E-state index in [1.807, 2.05) is 29.1 Å². The van der Waals surface area contributed by atoms with Gasteiger partial charge in [-0.2, -0.15) is 0 Å². The van der Waals surface area contributed by atoms with Gasteiger partial charge in [0.1, 0.15) is 18.5 Å². The summed E-state index contributed by atoms with van der Waals surface area (Å²) in [5, 5.41) is 3.46. The number of aromatic nitrogens is 4. The van der Waals surface area contributed by atoms with Crippen LogP contribution in [0.3, 0.4) is 0 Å². The summed E-state index contributed by atoms with van der Waals surface area (Å²) >= 11 is 0. The maximum atomic E-state index is 4.45. The Balaban J connectivity index is 1.63. The predicted octanol–water partition coefficient (Wildman–Crippen LogP) is 2.36. The molecule has 0 aliphatic carbocycles. The van der Waals surface area contributed by atoms with E-state index in [0.29, 0.717) is 5.92 Å². The molecule has 5 nitrogen and oxygen atoms in total. The molecule has 1 aromatic carbocycles. The lowest BCUT2D eigenvalue weighted by Crippen LogP contribution is -2.31. The van der Waals surface area contributed by atoms with Crippen LogP contribution in [0.25, 0.3) is 16.9 Å². The fourth-order valence-electron chi connectivity index (χ4n) is 3.16. The van der Waals surface area contributed by atoms with E-state index in [0.717, 1.165) is 42.1 Å². The van der Waals surface area contributed by atoms with Gasteiger partial charge in [-0.05, 0) is 50.4 Å². The zero-order valence-corrected chi connectivity index (χ0v) is 12.4. The normalized spacial score (nSPS) is 18.6. The van der Waals surface area contributed by atoms with Crippen LogP contribution in [0.1, 0.15) is 18.5 Å². The standard InChI is InChI=1S/C17H19N5/c1-2-6-16-15(5-1)21-12-22(16)17-9-14(19-11-20-17)8-13-4-3-7-18-10-13/h1-2,5-6,9,11-13,18H,3-4,7-8,10H2/t13-/m1/s1. The van der Waals surface area contributed by atoms with Crippen molar-refractivity contribution in [2.24, 2.45) is 5.92 Å². The molecule has 2 aromatic heterocycles. The molecule has 4 rings (SSSR count). The van der Waals surface area contributed by atoms with Crippen molar-refractivity contribution < 1.29 is 0 Å². The first-order valence-corrected chi connectivity index (χ1v) is 7.84. The summed E-state index contributed by atoms with van der Waals surface area (Å²) in [6, 6.07) is 10.2. The van der Waals surface area contributed by atoms with E-state index in [-0.39, 0.29) is 0 Å². The number of benzene rings is 1. The van der Waals surface area contributed by atoms with Gasteiger partial charge in [-0.3, -0.25) is 4.57 Å². The molecule has 5 heteroatoms. The van der Waals surface area contributed by atoms with Gasteiger partial charge in [0, 0.05) is 11.8 Å². The monoisotopic (exact) mass is 293 g/mol. The second kappa shape index (κ2) is 5.85. The van der Waals surface area contributed by atoms with Crippen molar-refractivity contribution in [1.29, 1.82) is 0 Å². The van der Waals surface area contributed by atoms with Gasteiger partial charge in [-0.1, -0.05) is 12.1 Å². The Kier molecular flexibility index (Phi) is 3.56. The Labute approximate surface area is 129 Å². The molecular weight excluding hydrogens is 274 g/mol. The van der Waals surface area contributed by atoms with Gasteiger partial charge in [0.05, 0.1) is 11.0 Å². The number of hydrogen-bond donors (Lipinski definition) is 1. The average Bonchev–Trinajstić information content (AvgIpc) is 3.00. The fourth-order valence-corrected chi connectivity index (χ4v) is 3.16. The first kappa shape index (κ1) is 13.4. The third kappa shape index (κ3) is 2.60. The summed E-state index contributed by atoms with van der Waals surface area (Å²) in [4.78, 5) is 13.3. The molecule has 0 unspecified atom stereocenters. The van der Waals surface area contributed by atoms with Crippen LogP contribution in [0.2, 0.25) is 0 Å². The summed E-state index contributed by atoms with van der Waals surface area (Å²) in [6.45, 7) is 2.24. The second-order valence-electron chi connectivity index (χ2n) is 5.89. The van der Waals surface area contributed by atoms with Crippen molar-refractivity contribution in [3.63, 3.8) is 0 Å². The van der Waals surface area contributed by atoms with E-state index in [1.54, 1.807) is 6.33 Å². The molecule has 22 heavy (non-hydrogen) atoms. The van der Waals surface area contributed by atoms with E-state index < -0.39 is 0 Å². The van der Waals surface area contributed by atoms with E-state index >= 15 is 0 Å². The summed E-state index contributed by atoms with van der Waals surface area (Å²) < 4.78 is 2.03. The van der Waals surface area contributed by atoms with Crippen molar-refractivity contribution >= 4 is 11.0 Å². The van der Waals surface area contributed by atoms with E-state index in [1.165, 1.54) is 12.8 Å². The summed E-state index contributed by atoms with van der Waals surface area (Å²) in [5.74, 6) is 1.57. The number of nitrogens with one attached hydrogen (secondary N) is 1. The van der Waals surface area contributed by atoms with Crippen LogP contribution < -0.4 is 5.32 Å². The van der Waals surface area contributed by atoms with E-state index in [9.17, 15) is 0 Å². The fraction of sp³-hybridized carbons (Fsp3) is 0.353. The van der Waals surface area contributed by atoms with Crippen LogP contribution in [0.4, 0.5) is 0 Å². The Morgan fingerprint density at radius 3 is 3.05 bits per heavy atom. The van der Waals surface area contributed by atoms with E-state index in [2.05, 4.69) is 32.4 Å². The highest BCUT2D eigenvalue weighted by Gasteiger charge is 2.15. The van der Waals surface area contributed by atoms with Crippen LogP contribution in [-0.2, 0) is 6.42 Å². The predicted molar refractivity (Wildman–Crippen MR) is 86.0 cm³/mol.